The Bertz CT molecular complexity index is 830. The van der Waals surface area contributed by atoms with Gasteiger partial charge in [0, 0.05) is 24.5 Å². The lowest BCUT2D eigenvalue weighted by Gasteiger charge is -2.34. The minimum Gasteiger partial charge on any atom is -0.346 e. The first-order valence-corrected chi connectivity index (χ1v) is 8.39. The first kappa shape index (κ1) is 15.2. The molecule has 2 heterocycles. The molecule has 0 N–H and O–H groups in total. The molecule has 0 aliphatic carbocycles. The van der Waals surface area contributed by atoms with Crippen LogP contribution >= 0.6 is 0 Å². The average molecular weight is 326 g/mol. The van der Waals surface area contributed by atoms with Crippen molar-refractivity contribution >= 4 is 10.0 Å². The highest BCUT2D eigenvalue weighted by Gasteiger charge is 2.34. The maximum atomic E-state index is 13.4. The molecule has 22 heavy (non-hydrogen) atoms. The van der Waals surface area contributed by atoms with E-state index in [1.54, 1.807) is 6.92 Å². The van der Waals surface area contributed by atoms with Gasteiger partial charge in [0.25, 0.3) is 0 Å². The molecule has 118 valence electrons. The van der Waals surface area contributed by atoms with Crippen LogP contribution in [0.3, 0.4) is 0 Å². The highest BCUT2D eigenvalue weighted by atomic mass is 32.2. The van der Waals surface area contributed by atoms with Crippen LogP contribution in [0.15, 0.2) is 35.2 Å². The van der Waals surface area contributed by atoms with Crippen LogP contribution in [0.25, 0.3) is 0 Å². The van der Waals surface area contributed by atoms with Crippen LogP contribution < -0.4 is 0 Å². The van der Waals surface area contributed by atoms with E-state index >= 15 is 0 Å². The van der Waals surface area contributed by atoms with Crippen molar-refractivity contribution in [2.24, 2.45) is 0 Å². The van der Waals surface area contributed by atoms with E-state index in [0.29, 0.717) is 13.1 Å². The number of aryl methyl sites for hydroxylation is 1. The number of sulfonamides is 1. The second kappa shape index (κ2) is 5.17. The van der Waals surface area contributed by atoms with E-state index in [1.807, 2.05) is 19.1 Å². The Morgan fingerprint density at radius 3 is 2.50 bits per heavy atom. The van der Waals surface area contributed by atoms with Crippen LogP contribution in [0.5, 0.6) is 0 Å². The Morgan fingerprint density at radius 1 is 1.09 bits per heavy atom. The molecule has 0 saturated heterocycles. The third-order valence-corrected chi connectivity index (χ3v) is 6.10. The number of rotatable bonds is 2. The van der Waals surface area contributed by atoms with Crippen molar-refractivity contribution < 1.29 is 17.2 Å². The molecule has 0 amide bonds. The Hall–Kier alpha value is -1.73. The van der Waals surface area contributed by atoms with Crippen LogP contribution in [0.2, 0.25) is 0 Å². The van der Waals surface area contributed by atoms with Gasteiger partial charge in [-0.15, -0.1) is 0 Å². The van der Waals surface area contributed by atoms with E-state index in [0.717, 1.165) is 29.6 Å². The van der Waals surface area contributed by atoms with Gasteiger partial charge in [-0.05, 0) is 44.2 Å². The molecular weight excluding hydrogens is 310 g/mol. The first-order chi connectivity index (χ1) is 10.3. The van der Waals surface area contributed by atoms with Gasteiger partial charge in [-0.1, -0.05) is 0 Å². The third kappa shape index (κ3) is 2.24. The predicted octanol–water partition coefficient (Wildman–Crippen LogP) is 2.84. The van der Waals surface area contributed by atoms with Crippen LogP contribution in [0, 0.1) is 18.6 Å². The summed E-state index contributed by atoms with van der Waals surface area (Å²) < 4.78 is 55.2. The van der Waals surface area contributed by atoms with Gasteiger partial charge in [0.15, 0.2) is 11.6 Å². The fourth-order valence-corrected chi connectivity index (χ4v) is 4.51. The minimum atomic E-state index is -3.87. The zero-order valence-electron chi connectivity index (χ0n) is 12.3. The molecule has 0 unspecified atom stereocenters. The number of benzene rings is 1. The molecule has 0 fully saturated rings. The monoisotopic (exact) mass is 326 g/mol. The maximum absolute atomic E-state index is 13.4. The molecule has 0 saturated carbocycles. The zero-order chi connectivity index (χ0) is 16.1. The van der Waals surface area contributed by atoms with Crippen LogP contribution in [0.4, 0.5) is 8.78 Å². The molecule has 0 radical (unpaired) electrons. The summed E-state index contributed by atoms with van der Waals surface area (Å²) in [7, 11) is -3.87. The van der Waals surface area contributed by atoms with Gasteiger partial charge in [0.1, 0.15) is 0 Å². The fraction of sp³-hybridized carbons (Fsp3) is 0.333. The standard InChI is InChI=1S/C15H16F2N2O2S/c1-10-3-6-15-11(2)19(8-7-18(10)15)22(20,21)12-4-5-13(16)14(17)9-12/h3-6,9,11H,7-8H2,1-2H3/t11-/m1/s1. The van der Waals surface area contributed by atoms with Gasteiger partial charge in [0.05, 0.1) is 10.9 Å². The van der Waals surface area contributed by atoms with Crippen LogP contribution in [0.1, 0.15) is 24.4 Å². The normalized spacial score (nSPS) is 19.2. The van der Waals surface area contributed by atoms with Gasteiger partial charge in [0.2, 0.25) is 10.0 Å². The summed E-state index contributed by atoms with van der Waals surface area (Å²) in [4.78, 5) is -0.227. The van der Waals surface area contributed by atoms with E-state index in [2.05, 4.69) is 4.57 Å². The lowest BCUT2D eigenvalue weighted by atomic mass is 10.2. The lowest BCUT2D eigenvalue weighted by molar-refractivity contribution is 0.280. The number of nitrogens with zero attached hydrogens (tertiary/aromatic N) is 2. The Balaban J connectivity index is 2.01. The summed E-state index contributed by atoms with van der Waals surface area (Å²) in [6, 6.07) is 6.15. The topological polar surface area (TPSA) is 42.3 Å². The summed E-state index contributed by atoms with van der Waals surface area (Å²) in [5.41, 5.74) is 1.97. The highest BCUT2D eigenvalue weighted by molar-refractivity contribution is 7.89. The fourth-order valence-electron chi connectivity index (χ4n) is 2.90. The van der Waals surface area contributed by atoms with Crippen molar-refractivity contribution in [1.82, 2.24) is 8.87 Å². The van der Waals surface area contributed by atoms with Crippen molar-refractivity contribution in [2.75, 3.05) is 6.54 Å². The van der Waals surface area contributed by atoms with E-state index in [1.165, 1.54) is 4.31 Å². The number of fused-ring (bicyclic) bond motifs is 1. The first-order valence-electron chi connectivity index (χ1n) is 6.95. The van der Waals surface area contributed by atoms with Gasteiger partial charge in [-0.2, -0.15) is 4.31 Å². The molecule has 0 spiro atoms. The van der Waals surface area contributed by atoms with Crippen molar-refractivity contribution in [3.63, 3.8) is 0 Å². The van der Waals surface area contributed by atoms with Gasteiger partial charge in [-0.25, -0.2) is 17.2 Å². The van der Waals surface area contributed by atoms with Crippen molar-refractivity contribution in [1.29, 1.82) is 0 Å². The Kier molecular flexibility index (Phi) is 3.57. The summed E-state index contributed by atoms with van der Waals surface area (Å²) in [6.45, 7) is 4.60. The molecular formula is C15H16F2N2O2S. The SMILES string of the molecule is Cc1ccc2n1CCN(S(=O)(=O)c1ccc(F)c(F)c1)[C@@H]2C. The number of hydrogen-bond acceptors (Lipinski definition) is 2. The lowest BCUT2D eigenvalue weighted by Crippen LogP contribution is -2.41. The predicted molar refractivity (Wildman–Crippen MR) is 77.8 cm³/mol. The Morgan fingerprint density at radius 2 is 1.82 bits per heavy atom. The summed E-state index contributed by atoms with van der Waals surface area (Å²) in [5, 5.41) is 0. The molecule has 1 aliphatic heterocycles. The smallest absolute Gasteiger partial charge is 0.243 e. The Labute approximate surface area is 128 Å². The summed E-state index contributed by atoms with van der Waals surface area (Å²) in [6.07, 6.45) is 0. The molecule has 1 aromatic carbocycles. The van der Waals surface area contributed by atoms with Crippen molar-refractivity contribution in [3.8, 4) is 0 Å². The molecule has 1 atom stereocenters. The molecule has 1 aliphatic rings. The summed E-state index contributed by atoms with van der Waals surface area (Å²) in [5.74, 6) is -2.22. The van der Waals surface area contributed by atoms with E-state index in [9.17, 15) is 17.2 Å². The van der Waals surface area contributed by atoms with Gasteiger partial charge >= 0.3 is 0 Å². The van der Waals surface area contributed by atoms with Crippen LogP contribution in [-0.4, -0.2) is 23.8 Å². The summed E-state index contributed by atoms with van der Waals surface area (Å²) >= 11 is 0. The number of halogens is 2. The number of aromatic nitrogens is 1. The molecule has 3 rings (SSSR count). The maximum Gasteiger partial charge on any atom is 0.243 e. The molecule has 0 bridgehead atoms. The quantitative estimate of drug-likeness (QED) is 0.852. The second-order valence-electron chi connectivity index (χ2n) is 5.42. The molecule has 4 nitrogen and oxygen atoms in total. The van der Waals surface area contributed by atoms with Crippen LogP contribution in [-0.2, 0) is 16.6 Å². The molecule has 2 aromatic rings. The highest BCUT2D eigenvalue weighted by Crippen LogP contribution is 2.32. The number of hydrogen-bond donors (Lipinski definition) is 0. The minimum absolute atomic E-state index is 0.227. The average Bonchev–Trinajstić information content (AvgIpc) is 2.84. The van der Waals surface area contributed by atoms with E-state index in [4.69, 9.17) is 0 Å². The molecule has 1 aromatic heterocycles. The van der Waals surface area contributed by atoms with Gasteiger partial charge < -0.3 is 4.57 Å². The van der Waals surface area contributed by atoms with E-state index in [-0.39, 0.29) is 10.9 Å². The second-order valence-corrected chi connectivity index (χ2v) is 7.31. The largest absolute Gasteiger partial charge is 0.346 e. The van der Waals surface area contributed by atoms with Crippen molar-refractivity contribution in [3.05, 3.63) is 53.4 Å². The van der Waals surface area contributed by atoms with E-state index < -0.39 is 21.7 Å². The van der Waals surface area contributed by atoms with Crippen molar-refractivity contribution in [2.45, 2.75) is 31.3 Å². The third-order valence-electron chi connectivity index (χ3n) is 4.13. The zero-order valence-corrected chi connectivity index (χ0v) is 13.1. The van der Waals surface area contributed by atoms with Gasteiger partial charge in [-0.3, -0.25) is 0 Å². The molecule has 7 heteroatoms.